The fourth-order valence-electron chi connectivity index (χ4n) is 3.03. The molecule has 4 unspecified atom stereocenters. The second kappa shape index (κ2) is 3.58. The van der Waals surface area contributed by atoms with Crippen molar-refractivity contribution in [3.63, 3.8) is 0 Å². The first-order valence-corrected chi connectivity index (χ1v) is 6.58. The first-order valence-electron chi connectivity index (χ1n) is 5.70. The lowest BCUT2D eigenvalue weighted by molar-refractivity contribution is 0.0885. The van der Waals surface area contributed by atoms with Crippen LogP contribution in [0.4, 0.5) is 0 Å². The molecule has 3 heterocycles. The molecule has 0 aliphatic carbocycles. The highest BCUT2D eigenvalue weighted by atomic mass is 32.1. The molecule has 2 saturated heterocycles. The molecule has 2 nitrogen and oxygen atoms in total. The van der Waals surface area contributed by atoms with Crippen LogP contribution in [0, 0.1) is 12.8 Å². The average molecular weight is 223 g/mol. The van der Waals surface area contributed by atoms with Crippen LogP contribution in [-0.4, -0.2) is 12.2 Å². The van der Waals surface area contributed by atoms with Crippen LogP contribution in [0.25, 0.3) is 0 Å². The molecule has 2 N–H and O–H groups in total. The molecule has 0 aromatic carbocycles. The lowest BCUT2D eigenvalue weighted by atomic mass is 9.81. The zero-order chi connectivity index (χ0) is 10.4. The van der Waals surface area contributed by atoms with E-state index >= 15 is 0 Å². The summed E-state index contributed by atoms with van der Waals surface area (Å²) in [7, 11) is 0. The summed E-state index contributed by atoms with van der Waals surface area (Å²) < 4.78 is 5.87. The number of aryl methyl sites for hydroxylation is 1. The summed E-state index contributed by atoms with van der Waals surface area (Å²) in [5.41, 5.74) is 7.69. The van der Waals surface area contributed by atoms with Crippen LogP contribution in [0.2, 0.25) is 0 Å². The lowest BCUT2D eigenvalue weighted by Gasteiger charge is -2.25. The highest BCUT2D eigenvalue weighted by Gasteiger charge is 2.43. The van der Waals surface area contributed by atoms with Crippen molar-refractivity contribution >= 4 is 11.3 Å². The number of ether oxygens (including phenoxy) is 1. The van der Waals surface area contributed by atoms with Gasteiger partial charge in [0.2, 0.25) is 0 Å². The summed E-state index contributed by atoms with van der Waals surface area (Å²) in [5, 5.41) is 2.14. The van der Waals surface area contributed by atoms with E-state index in [9.17, 15) is 0 Å². The third-order valence-corrected chi connectivity index (χ3v) is 4.73. The van der Waals surface area contributed by atoms with Crippen molar-refractivity contribution in [1.82, 2.24) is 0 Å². The second-order valence-electron chi connectivity index (χ2n) is 4.73. The molecule has 0 radical (unpaired) electrons. The molecule has 0 spiro atoms. The Morgan fingerprint density at radius 2 is 2.40 bits per heavy atom. The molecule has 2 fully saturated rings. The minimum Gasteiger partial charge on any atom is -0.375 e. The molecule has 3 heteroatoms. The lowest BCUT2D eigenvalue weighted by Crippen LogP contribution is -2.29. The van der Waals surface area contributed by atoms with Gasteiger partial charge in [-0.05, 0) is 43.2 Å². The number of rotatable bonds is 2. The molecule has 82 valence electrons. The molecule has 1 aromatic heterocycles. The fraction of sp³-hybridized carbons (Fsp3) is 0.667. The third-order valence-electron chi connectivity index (χ3n) is 3.87. The Bertz CT molecular complexity index is 362. The number of thiophene rings is 1. The summed E-state index contributed by atoms with van der Waals surface area (Å²) in [6, 6.07) is 2.36. The monoisotopic (exact) mass is 223 g/mol. The van der Waals surface area contributed by atoms with E-state index in [1.54, 1.807) is 11.3 Å². The zero-order valence-electron chi connectivity index (χ0n) is 8.98. The maximum absolute atomic E-state index is 6.36. The first kappa shape index (κ1) is 9.82. The Balaban J connectivity index is 1.81. The van der Waals surface area contributed by atoms with Crippen molar-refractivity contribution in [2.45, 2.75) is 44.4 Å². The molecule has 1 aromatic rings. The van der Waals surface area contributed by atoms with E-state index in [0.717, 1.165) is 0 Å². The Hall–Kier alpha value is -0.380. The molecule has 4 atom stereocenters. The minimum absolute atomic E-state index is 0.187. The number of fused-ring (bicyclic) bond motifs is 2. The van der Waals surface area contributed by atoms with E-state index in [4.69, 9.17) is 10.5 Å². The van der Waals surface area contributed by atoms with E-state index in [2.05, 4.69) is 18.4 Å². The van der Waals surface area contributed by atoms with Crippen LogP contribution in [0.15, 0.2) is 11.4 Å². The Morgan fingerprint density at radius 1 is 1.53 bits per heavy atom. The van der Waals surface area contributed by atoms with E-state index < -0.39 is 0 Å². The van der Waals surface area contributed by atoms with Gasteiger partial charge in [0.1, 0.15) is 0 Å². The standard InChI is InChI=1S/C12H17NOS/c1-7-9(4-5-15-7)12(13)10-6-8-2-3-11(10)14-8/h4-5,8,10-12H,2-3,6,13H2,1H3. The Kier molecular flexibility index (Phi) is 2.34. The Labute approximate surface area is 94.4 Å². The van der Waals surface area contributed by atoms with Crippen molar-refractivity contribution in [1.29, 1.82) is 0 Å². The van der Waals surface area contributed by atoms with Gasteiger partial charge in [0, 0.05) is 16.8 Å². The first-order chi connectivity index (χ1) is 7.25. The van der Waals surface area contributed by atoms with Crippen LogP contribution in [0.3, 0.4) is 0 Å². The van der Waals surface area contributed by atoms with Gasteiger partial charge in [-0.25, -0.2) is 0 Å². The molecule has 2 aliphatic heterocycles. The maximum atomic E-state index is 6.36. The van der Waals surface area contributed by atoms with Gasteiger partial charge in [-0.15, -0.1) is 11.3 Å². The SMILES string of the molecule is Cc1sccc1C(N)C1CC2CCC1O2. The summed E-state index contributed by atoms with van der Waals surface area (Å²) in [6.45, 7) is 2.16. The molecular weight excluding hydrogens is 206 g/mol. The smallest absolute Gasteiger partial charge is 0.0627 e. The Morgan fingerprint density at radius 3 is 2.93 bits per heavy atom. The van der Waals surface area contributed by atoms with Crippen molar-refractivity contribution in [3.8, 4) is 0 Å². The number of nitrogens with two attached hydrogens (primary N) is 1. The molecular formula is C12H17NOS. The molecule has 3 rings (SSSR count). The van der Waals surface area contributed by atoms with Gasteiger partial charge in [-0.3, -0.25) is 0 Å². The normalized spacial score (nSPS) is 36.0. The van der Waals surface area contributed by atoms with E-state index in [0.29, 0.717) is 18.1 Å². The van der Waals surface area contributed by atoms with Crippen molar-refractivity contribution in [2.24, 2.45) is 11.7 Å². The predicted molar refractivity (Wildman–Crippen MR) is 62.0 cm³/mol. The van der Waals surface area contributed by atoms with Crippen molar-refractivity contribution in [3.05, 3.63) is 21.9 Å². The van der Waals surface area contributed by atoms with E-state index in [1.165, 1.54) is 29.7 Å². The van der Waals surface area contributed by atoms with Gasteiger partial charge in [-0.2, -0.15) is 0 Å². The number of hydrogen-bond donors (Lipinski definition) is 1. The van der Waals surface area contributed by atoms with Crippen LogP contribution < -0.4 is 5.73 Å². The van der Waals surface area contributed by atoms with Crippen LogP contribution in [-0.2, 0) is 4.74 Å². The van der Waals surface area contributed by atoms with Gasteiger partial charge in [0.25, 0.3) is 0 Å². The summed E-state index contributed by atoms with van der Waals surface area (Å²) >= 11 is 1.79. The zero-order valence-corrected chi connectivity index (χ0v) is 9.80. The van der Waals surface area contributed by atoms with Gasteiger partial charge in [0.15, 0.2) is 0 Å². The minimum atomic E-state index is 0.187. The summed E-state index contributed by atoms with van der Waals surface area (Å²) in [4.78, 5) is 1.37. The second-order valence-corrected chi connectivity index (χ2v) is 5.85. The fourth-order valence-corrected chi connectivity index (χ4v) is 3.79. The molecule has 0 amide bonds. The van der Waals surface area contributed by atoms with Crippen LogP contribution >= 0.6 is 11.3 Å². The third kappa shape index (κ3) is 1.53. The topological polar surface area (TPSA) is 35.2 Å². The molecule has 2 bridgehead atoms. The maximum Gasteiger partial charge on any atom is 0.0627 e. The summed E-state index contributed by atoms with van der Waals surface area (Å²) in [5.74, 6) is 0.553. The molecule has 15 heavy (non-hydrogen) atoms. The predicted octanol–water partition coefficient (Wildman–Crippen LogP) is 2.62. The van der Waals surface area contributed by atoms with Crippen molar-refractivity contribution in [2.75, 3.05) is 0 Å². The van der Waals surface area contributed by atoms with Crippen molar-refractivity contribution < 1.29 is 4.74 Å². The largest absolute Gasteiger partial charge is 0.375 e. The molecule has 0 saturated carbocycles. The van der Waals surface area contributed by atoms with Crippen LogP contribution in [0.5, 0.6) is 0 Å². The highest BCUT2D eigenvalue weighted by Crippen LogP contribution is 2.44. The highest BCUT2D eigenvalue weighted by molar-refractivity contribution is 7.10. The van der Waals surface area contributed by atoms with Gasteiger partial charge in [0.05, 0.1) is 12.2 Å². The van der Waals surface area contributed by atoms with Gasteiger partial charge >= 0.3 is 0 Å². The molecule has 2 aliphatic rings. The average Bonchev–Trinajstić information content (AvgIpc) is 2.91. The van der Waals surface area contributed by atoms with Gasteiger partial charge < -0.3 is 10.5 Å². The van der Waals surface area contributed by atoms with Gasteiger partial charge in [-0.1, -0.05) is 0 Å². The quantitative estimate of drug-likeness (QED) is 0.836. The number of hydrogen-bond acceptors (Lipinski definition) is 3. The van der Waals surface area contributed by atoms with E-state index in [-0.39, 0.29) is 6.04 Å². The van der Waals surface area contributed by atoms with Crippen LogP contribution in [0.1, 0.15) is 35.7 Å². The van der Waals surface area contributed by atoms with E-state index in [1.807, 2.05) is 0 Å². The summed E-state index contributed by atoms with van der Waals surface area (Å²) in [6.07, 6.45) is 4.57.